The van der Waals surface area contributed by atoms with Crippen LogP contribution in [-0.4, -0.2) is 59.2 Å². The van der Waals surface area contributed by atoms with Gasteiger partial charge in [0.15, 0.2) is 19.9 Å². The van der Waals surface area contributed by atoms with Crippen molar-refractivity contribution < 1.29 is 29.5 Å². The number of rotatable bonds is 4. The molecule has 6 N–H and O–H groups in total. The molecular weight excluding hydrogens is 363 g/mol. The first-order valence-corrected chi connectivity index (χ1v) is 9.28. The summed E-state index contributed by atoms with van der Waals surface area (Å²) in [5.74, 6) is -0.739. The zero-order chi connectivity index (χ0) is 17.6. The number of fused-ring (bicyclic) bond motifs is 1. The number of hydrogen-bond donors (Lipinski definition) is 5. The topological polar surface area (TPSA) is 181 Å². The van der Waals surface area contributed by atoms with E-state index in [9.17, 15) is 24.7 Å². The number of anilines is 1. The highest BCUT2D eigenvalue weighted by molar-refractivity contribution is 7.37. The molecule has 0 bridgehead atoms. The Morgan fingerprint density at radius 1 is 1.33 bits per heavy atom. The summed E-state index contributed by atoms with van der Waals surface area (Å²) in [6.45, 7) is 0. The zero-order valence-electron chi connectivity index (χ0n) is 12.1. The van der Waals surface area contributed by atoms with Gasteiger partial charge in [-0.2, -0.15) is 9.97 Å². The molecule has 0 saturated carbocycles. The lowest BCUT2D eigenvalue weighted by Gasteiger charge is -2.16. The number of aliphatic hydroxyl groups excluding tert-OH is 2. The molecule has 0 radical (unpaired) electrons. The molecule has 1 aliphatic rings. The van der Waals surface area contributed by atoms with Crippen LogP contribution in [-0.2, 0) is 9.30 Å². The Morgan fingerprint density at radius 3 is 2.71 bits per heavy atom. The van der Waals surface area contributed by atoms with E-state index in [1.165, 1.54) is 0 Å². The van der Waals surface area contributed by atoms with Gasteiger partial charge in [-0.3, -0.25) is 13.9 Å². The maximum Gasteiger partial charge on any atom is 0.311 e. The molecule has 132 valence electrons. The van der Waals surface area contributed by atoms with Gasteiger partial charge in [-0.15, -0.1) is 0 Å². The summed E-state index contributed by atoms with van der Waals surface area (Å²) in [4.78, 5) is 28.0. The Morgan fingerprint density at radius 2 is 2.04 bits per heavy atom. The van der Waals surface area contributed by atoms with Crippen LogP contribution in [0.25, 0.3) is 10.3 Å². The molecule has 1 fully saturated rings. The average molecular weight is 378 g/mol. The number of nitrogen functional groups attached to an aromatic ring is 1. The van der Waals surface area contributed by atoms with Crippen LogP contribution in [0.15, 0.2) is 4.79 Å². The SMILES string of the molecule is Nc1nc(O)c2sc(=O)n(C3OC(CC[PH](=O)O)C(O)C3O)c2n1. The monoisotopic (exact) mass is 378 g/mol. The summed E-state index contributed by atoms with van der Waals surface area (Å²) in [6.07, 6.45) is -5.01. The van der Waals surface area contributed by atoms with E-state index in [4.69, 9.17) is 15.4 Å². The van der Waals surface area contributed by atoms with Crippen molar-refractivity contribution in [2.45, 2.75) is 31.0 Å². The Labute approximate surface area is 138 Å². The Hall–Kier alpha value is -1.56. The Bertz CT molecular complexity index is 855. The Kier molecular flexibility index (Phi) is 4.60. The molecular formula is C11H15N4O7PS. The smallest absolute Gasteiger partial charge is 0.311 e. The highest BCUT2D eigenvalue weighted by atomic mass is 32.1. The normalized spacial score (nSPS) is 28.5. The molecule has 2 aromatic rings. The number of aliphatic hydroxyl groups is 2. The summed E-state index contributed by atoms with van der Waals surface area (Å²) in [5, 5.41) is 30.0. The fraction of sp³-hybridized carbons (Fsp3) is 0.545. The van der Waals surface area contributed by atoms with Crippen molar-refractivity contribution in [2.24, 2.45) is 0 Å². The van der Waals surface area contributed by atoms with Crippen LogP contribution in [0, 0.1) is 0 Å². The lowest BCUT2D eigenvalue weighted by atomic mass is 10.1. The molecule has 1 aliphatic heterocycles. The second kappa shape index (κ2) is 6.39. The van der Waals surface area contributed by atoms with Crippen LogP contribution in [0.5, 0.6) is 5.88 Å². The van der Waals surface area contributed by atoms with Gasteiger partial charge in [-0.05, 0) is 6.42 Å². The van der Waals surface area contributed by atoms with Crippen LogP contribution >= 0.6 is 19.4 Å². The third-order valence-electron chi connectivity index (χ3n) is 3.70. The van der Waals surface area contributed by atoms with Crippen LogP contribution in [0.1, 0.15) is 12.6 Å². The van der Waals surface area contributed by atoms with Crippen LogP contribution in [0.3, 0.4) is 0 Å². The van der Waals surface area contributed by atoms with Gasteiger partial charge in [-0.25, -0.2) is 0 Å². The van der Waals surface area contributed by atoms with Gasteiger partial charge >= 0.3 is 4.87 Å². The molecule has 24 heavy (non-hydrogen) atoms. The third kappa shape index (κ3) is 2.92. The Balaban J connectivity index is 2.00. The molecule has 0 amide bonds. The lowest BCUT2D eigenvalue weighted by Crippen LogP contribution is -2.33. The molecule has 2 aromatic heterocycles. The largest absolute Gasteiger partial charge is 0.492 e. The maximum atomic E-state index is 12.2. The number of nitrogens with two attached hydrogens (primary N) is 1. The molecule has 11 nitrogen and oxygen atoms in total. The van der Waals surface area contributed by atoms with Crippen molar-refractivity contribution in [1.82, 2.24) is 14.5 Å². The molecule has 0 aliphatic carbocycles. The van der Waals surface area contributed by atoms with Crippen molar-refractivity contribution in [3.05, 3.63) is 9.67 Å². The average Bonchev–Trinajstić information content (AvgIpc) is 2.96. The molecule has 13 heteroatoms. The summed E-state index contributed by atoms with van der Waals surface area (Å²) >= 11 is 0.643. The maximum absolute atomic E-state index is 12.2. The van der Waals surface area contributed by atoms with E-state index in [-0.39, 0.29) is 28.9 Å². The van der Waals surface area contributed by atoms with Crippen LogP contribution in [0.4, 0.5) is 5.95 Å². The summed E-state index contributed by atoms with van der Waals surface area (Å²) in [6, 6.07) is 0. The molecule has 1 saturated heterocycles. The summed E-state index contributed by atoms with van der Waals surface area (Å²) < 4.78 is 17.4. The molecule has 0 aromatic carbocycles. The predicted octanol–water partition coefficient (Wildman–Crippen LogP) is -1.38. The van der Waals surface area contributed by atoms with Crippen molar-refractivity contribution >= 4 is 35.7 Å². The van der Waals surface area contributed by atoms with E-state index in [1.54, 1.807) is 0 Å². The quantitative estimate of drug-likeness (QED) is 0.398. The standard InChI is InChI=1S/C11H15N4O7PS/c12-10-13-7-6(8(18)14-10)24-11(19)15(7)9-5(17)4(16)3(22-9)1-2-23(20)21/h3-5,9,16-17,23H,1-2H2,(H,20,21)(H3,12,13,14,18). The van der Waals surface area contributed by atoms with Gasteiger partial charge in [0.25, 0.3) is 0 Å². The van der Waals surface area contributed by atoms with E-state index in [1.807, 2.05) is 0 Å². The van der Waals surface area contributed by atoms with E-state index in [0.717, 1.165) is 4.57 Å². The highest BCUT2D eigenvalue weighted by Gasteiger charge is 2.45. The van der Waals surface area contributed by atoms with Gasteiger partial charge in [0.1, 0.15) is 16.9 Å². The summed E-state index contributed by atoms with van der Waals surface area (Å²) in [5.41, 5.74) is 5.44. The molecule has 0 spiro atoms. The number of aromatic nitrogens is 3. The van der Waals surface area contributed by atoms with E-state index in [0.29, 0.717) is 11.3 Å². The predicted molar refractivity (Wildman–Crippen MR) is 84.4 cm³/mol. The third-order valence-corrected chi connectivity index (χ3v) is 5.35. The highest BCUT2D eigenvalue weighted by Crippen LogP contribution is 2.35. The molecule has 5 unspecified atom stereocenters. The van der Waals surface area contributed by atoms with Gasteiger partial charge < -0.3 is 30.7 Å². The first-order valence-electron chi connectivity index (χ1n) is 6.90. The van der Waals surface area contributed by atoms with Crippen molar-refractivity contribution in [3.63, 3.8) is 0 Å². The first-order chi connectivity index (χ1) is 11.3. The minimum atomic E-state index is -2.75. The number of thiazole rings is 1. The lowest BCUT2D eigenvalue weighted by molar-refractivity contribution is -0.0363. The molecule has 3 heterocycles. The van der Waals surface area contributed by atoms with E-state index in [2.05, 4.69) is 9.97 Å². The first kappa shape index (κ1) is 17.3. The van der Waals surface area contributed by atoms with Crippen molar-refractivity contribution in [2.75, 3.05) is 11.9 Å². The van der Waals surface area contributed by atoms with Crippen LogP contribution < -0.4 is 10.6 Å². The van der Waals surface area contributed by atoms with Crippen molar-refractivity contribution in [3.8, 4) is 5.88 Å². The second-order valence-corrected chi connectivity index (χ2v) is 7.52. The number of nitrogens with zero attached hydrogens (tertiary/aromatic N) is 3. The zero-order valence-corrected chi connectivity index (χ0v) is 13.9. The van der Waals surface area contributed by atoms with Gasteiger partial charge in [0.05, 0.1) is 6.10 Å². The minimum absolute atomic E-state index is 0.0253. The fourth-order valence-electron chi connectivity index (χ4n) is 2.59. The summed E-state index contributed by atoms with van der Waals surface area (Å²) in [7, 11) is -2.75. The number of ether oxygens (including phenoxy) is 1. The van der Waals surface area contributed by atoms with E-state index >= 15 is 0 Å². The van der Waals surface area contributed by atoms with E-state index < -0.39 is 43.3 Å². The minimum Gasteiger partial charge on any atom is -0.492 e. The van der Waals surface area contributed by atoms with Gasteiger partial charge in [0, 0.05) is 6.16 Å². The van der Waals surface area contributed by atoms with Crippen LogP contribution in [0.2, 0.25) is 0 Å². The number of hydrogen-bond acceptors (Lipinski definition) is 10. The molecule has 5 atom stereocenters. The molecule has 3 rings (SSSR count). The number of aromatic hydroxyl groups is 1. The van der Waals surface area contributed by atoms with Gasteiger partial charge in [-0.1, -0.05) is 11.3 Å². The van der Waals surface area contributed by atoms with Gasteiger partial charge in [0.2, 0.25) is 11.8 Å². The van der Waals surface area contributed by atoms with Crippen molar-refractivity contribution in [1.29, 1.82) is 0 Å². The second-order valence-electron chi connectivity index (χ2n) is 5.27. The fourth-order valence-corrected chi connectivity index (χ4v) is 3.96.